The second-order valence-corrected chi connectivity index (χ2v) is 4.03. The summed E-state index contributed by atoms with van der Waals surface area (Å²) in [5.74, 6) is 0.410. The number of ether oxygens (including phenoxy) is 1. The van der Waals surface area contributed by atoms with Gasteiger partial charge in [0.05, 0.1) is 0 Å². The number of rotatable bonds is 5. The van der Waals surface area contributed by atoms with Crippen LogP contribution in [0.4, 0.5) is 4.39 Å². The summed E-state index contributed by atoms with van der Waals surface area (Å²) in [5, 5.41) is 3.10. The highest BCUT2D eigenvalue weighted by Gasteiger charge is 2.11. The van der Waals surface area contributed by atoms with E-state index in [1.54, 1.807) is 12.1 Å². The number of likely N-dealkylation sites (N-methyl/N-ethyl adjacent to an activating group) is 1. The molecule has 1 unspecified atom stereocenters. The first-order valence-electron chi connectivity index (χ1n) is 5.91. The molecule has 1 N–H and O–H groups in total. The second kappa shape index (κ2) is 6.17. The molecule has 0 aliphatic heterocycles. The van der Waals surface area contributed by atoms with E-state index in [2.05, 4.69) is 5.32 Å². The maximum Gasteiger partial charge on any atom is 0.136 e. The lowest BCUT2D eigenvalue weighted by Gasteiger charge is -2.19. The fraction of sp³-hybridized carbons (Fsp3) is 0.200. The van der Waals surface area contributed by atoms with Gasteiger partial charge >= 0.3 is 0 Å². The summed E-state index contributed by atoms with van der Waals surface area (Å²) in [4.78, 5) is 0. The van der Waals surface area contributed by atoms with Gasteiger partial charge in [0.2, 0.25) is 0 Å². The molecule has 2 aromatic carbocycles. The van der Waals surface area contributed by atoms with Gasteiger partial charge in [-0.2, -0.15) is 0 Å². The molecule has 2 aromatic rings. The zero-order valence-corrected chi connectivity index (χ0v) is 10.3. The van der Waals surface area contributed by atoms with Crippen LogP contribution in [0.5, 0.6) is 5.75 Å². The van der Waals surface area contributed by atoms with Gasteiger partial charge in [-0.25, -0.2) is 4.39 Å². The van der Waals surface area contributed by atoms with E-state index >= 15 is 0 Å². The number of halogens is 1. The average Bonchev–Trinajstić information content (AvgIpc) is 2.42. The number of benzene rings is 2. The van der Waals surface area contributed by atoms with Crippen molar-refractivity contribution < 1.29 is 9.13 Å². The molecule has 0 aromatic heterocycles. The molecule has 0 saturated heterocycles. The van der Waals surface area contributed by atoms with Crippen molar-refractivity contribution in [3.63, 3.8) is 0 Å². The van der Waals surface area contributed by atoms with Crippen LogP contribution in [0.15, 0.2) is 54.6 Å². The van der Waals surface area contributed by atoms with Gasteiger partial charge in [-0.15, -0.1) is 0 Å². The molecule has 0 saturated carbocycles. The quantitative estimate of drug-likeness (QED) is 0.873. The molecule has 0 amide bonds. The van der Waals surface area contributed by atoms with Gasteiger partial charge in [0.1, 0.15) is 17.7 Å². The average molecular weight is 245 g/mol. The lowest BCUT2D eigenvalue weighted by molar-refractivity contribution is 0.204. The molecular formula is C15H16FNO. The molecule has 94 valence electrons. The third-order valence-corrected chi connectivity index (χ3v) is 2.65. The highest BCUT2D eigenvalue weighted by Crippen LogP contribution is 2.21. The van der Waals surface area contributed by atoms with Crippen LogP contribution in [0.3, 0.4) is 0 Å². The van der Waals surface area contributed by atoms with Gasteiger partial charge in [0.15, 0.2) is 0 Å². The van der Waals surface area contributed by atoms with Gasteiger partial charge in [-0.05, 0) is 36.9 Å². The van der Waals surface area contributed by atoms with E-state index in [1.165, 1.54) is 12.1 Å². The Balaban J connectivity index is 2.14. The Morgan fingerprint density at radius 3 is 2.33 bits per heavy atom. The first kappa shape index (κ1) is 12.6. The summed E-state index contributed by atoms with van der Waals surface area (Å²) >= 11 is 0. The van der Waals surface area contributed by atoms with Crippen molar-refractivity contribution in [3.05, 3.63) is 66.0 Å². The van der Waals surface area contributed by atoms with E-state index in [-0.39, 0.29) is 11.9 Å². The second-order valence-electron chi connectivity index (χ2n) is 4.03. The smallest absolute Gasteiger partial charge is 0.136 e. The molecule has 0 heterocycles. The molecule has 1 atom stereocenters. The van der Waals surface area contributed by atoms with Crippen LogP contribution in [0.25, 0.3) is 0 Å². The Labute approximate surface area is 106 Å². The molecule has 18 heavy (non-hydrogen) atoms. The Morgan fingerprint density at radius 1 is 1.06 bits per heavy atom. The summed E-state index contributed by atoms with van der Waals surface area (Å²) in [6.45, 7) is 0.696. The molecule has 0 radical (unpaired) electrons. The summed E-state index contributed by atoms with van der Waals surface area (Å²) in [6.07, 6.45) is -0.0818. The van der Waals surface area contributed by atoms with E-state index in [0.29, 0.717) is 12.3 Å². The van der Waals surface area contributed by atoms with Crippen LogP contribution in [0.1, 0.15) is 11.7 Å². The van der Waals surface area contributed by atoms with Crippen molar-refractivity contribution >= 4 is 0 Å². The zero-order chi connectivity index (χ0) is 12.8. The molecule has 0 spiro atoms. The van der Waals surface area contributed by atoms with Crippen molar-refractivity contribution in [1.29, 1.82) is 0 Å². The molecular weight excluding hydrogens is 229 g/mol. The maximum atomic E-state index is 12.8. The molecule has 3 heteroatoms. The topological polar surface area (TPSA) is 21.3 Å². The van der Waals surface area contributed by atoms with Crippen LogP contribution < -0.4 is 10.1 Å². The van der Waals surface area contributed by atoms with Gasteiger partial charge in [-0.3, -0.25) is 0 Å². The van der Waals surface area contributed by atoms with Crippen LogP contribution in [0.2, 0.25) is 0 Å². The Kier molecular flexibility index (Phi) is 4.31. The lowest BCUT2D eigenvalue weighted by atomic mass is 10.1. The van der Waals surface area contributed by atoms with Gasteiger partial charge in [-0.1, -0.05) is 30.3 Å². The minimum absolute atomic E-state index is 0.0818. The number of nitrogens with one attached hydrogen (secondary N) is 1. The molecule has 0 aliphatic rings. The number of hydrogen-bond acceptors (Lipinski definition) is 2. The molecule has 0 aliphatic carbocycles. The SMILES string of the molecule is CNCC(Oc1ccc(F)cc1)c1ccccc1. The molecule has 2 nitrogen and oxygen atoms in total. The van der Waals surface area contributed by atoms with E-state index in [0.717, 1.165) is 5.56 Å². The van der Waals surface area contributed by atoms with Crippen LogP contribution in [-0.2, 0) is 0 Å². The fourth-order valence-corrected chi connectivity index (χ4v) is 1.76. The summed E-state index contributed by atoms with van der Waals surface area (Å²) in [5.41, 5.74) is 1.09. The van der Waals surface area contributed by atoms with Gasteiger partial charge in [0, 0.05) is 6.54 Å². The van der Waals surface area contributed by atoms with E-state index in [4.69, 9.17) is 4.74 Å². The first-order valence-corrected chi connectivity index (χ1v) is 5.91. The third-order valence-electron chi connectivity index (χ3n) is 2.65. The summed E-state index contributed by atoms with van der Waals surface area (Å²) in [7, 11) is 1.88. The van der Waals surface area contributed by atoms with Crippen molar-refractivity contribution in [2.45, 2.75) is 6.10 Å². The Hall–Kier alpha value is -1.87. The van der Waals surface area contributed by atoms with Crippen molar-refractivity contribution in [1.82, 2.24) is 5.32 Å². The molecule has 0 fully saturated rings. The standard InChI is InChI=1S/C15H16FNO/c1-17-11-15(12-5-3-2-4-6-12)18-14-9-7-13(16)8-10-14/h2-10,15,17H,11H2,1H3. The largest absolute Gasteiger partial charge is 0.484 e. The molecule has 0 bridgehead atoms. The van der Waals surface area contributed by atoms with Gasteiger partial charge < -0.3 is 10.1 Å². The van der Waals surface area contributed by atoms with E-state index in [1.807, 2.05) is 37.4 Å². The minimum atomic E-state index is -0.257. The van der Waals surface area contributed by atoms with Crippen LogP contribution in [0, 0.1) is 5.82 Å². The minimum Gasteiger partial charge on any atom is -0.484 e. The van der Waals surface area contributed by atoms with E-state index in [9.17, 15) is 4.39 Å². The monoisotopic (exact) mass is 245 g/mol. The Bertz CT molecular complexity index is 470. The predicted molar refractivity (Wildman–Crippen MR) is 70.1 cm³/mol. The van der Waals surface area contributed by atoms with Crippen LogP contribution in [-0.4, -0.2) is 13.6 Å². The summed E-state index contributed by atoms with van der Waals surface area (Å²) in [6, 6.07) is 16.0. The first-order chi connectivity index (χ1) is 8.79. The highest BCUT2D eigenvalue weighted by molar-refractivity contribution is 5.25. The van der Waals surface area contributed by atoms with E-state index < -0.39 is 0 Å². The molecule has 2 rings (SSSR count). The normalized spacial score (nSPS) is 12.1. The fourth-order valence-electron chi connectivity index (χ4n) is 1.76. The Morgan fingerprint density at radius 2 is 1.72 bits per heavy atom. The highest BCUT2D eigenvalue weighted by atomic mass is 19.1. The predicted octanol–water partition coefficient (Wildman–Crippen LogP) is 3.17. The maximum absolute atomic E-state index is 12.8. The third kappa shape index (κ3) is 3.31. The van der Waals surface area contributed by atoms with Gasteiger partial charge in [0.25, 0.3) is 0 Å². The number of hydrogen-bond donors (Lipinski definition) is 1. The van der Waals surface area contributed by atoms with Crippen molar-refractivity contribution in [3.8, 4) is 5.75 Å². The zero-order valence-electron chi connectivity index (χ0n) is 10.3. The summed E-state index contributed by atoms with van der Waals surface area (Å²) < 4.78 is 18.7. The van der Waals surface area contributed by atoms with Crippen molar-refractivity contribution in [2.75, 3.05) is 13.6 Å². The lowest BCUT2D eigenvalue weighted by Crippen LogP contribution is -2.21. The van der Waals surface area contributed by atoms with Crippen molar-refractivity contribution in [2.24, 2.45) is 0 Å². The van der Waals surface area contributed by atoms with Crippen LogP contribution >= 0.6 is 0 Å².